The van der Waals surface area contributed by atoms with Crippen LogP contribution in [-0.4, -0.2) is 58.7 Å². The molecule has 2 aromatic carbocycles. The molecule has 1 fully saturated rings. The van der Waals surface area contributed by atoms with Crippen molar-refractivity contribution in [2.45, 2.75) is 76.3 Å². The van der Waals surface area contributed by atoms with Gasteiger partial charge in [0, 0.05) is 12.3 Å². The number of nitrogens with one attached hydrogen (secondary N) is 1. The Morgan fingerprint density at radius 3 is 2.16 bits per heavy atom. The molecule has 1 saturated heterocycles. The lowest BCUT2D eigenvalue weighted by atomic mass is 9.83. The Morgan fingerprint density at radius 2 is 1.62 bits per heavy atom. The summed E-state index contributed by atoms with van der Waals surface area (Å²) in [5.41, 5.74) is 1.46. The van der Waals surface area contributed by atoms with Crippen molar-refractivity contribution < 1.29 is 42.8 Å². The van der Waals surface area contributed by atoms with Crippen LogP contribution < -0.4 is 5.32 Å². The highest BCUT2D eigenvalue weighted by Crippen LogP contribution is 2.39. The van der Waals surface area contributed by atoms with Gasteiger partial charge >= 0.3 is 12.1 Å². The highest BCUT2D eigenvalue weighted by atomic mass is 19.3. The minimum atomic E-state index is -3.81. The van der Waals surface area contributed by atoms with E-state index >= 15 is 8.78 Å². The smallest absolute Gasteiger partial charge is 0.408 e. The molecule has 0 unspecified atom stereocenters. The summed E-state index contributed by atoms with van der Waals surface area (Å²) in [7, 11) is 0. The monoisotopic (exact) mass is 521 g/mol. The zero-order valence-corrected chi connectivity index (χ0v) is 20.8. The van der Waals surface area contributed by atoms with Crippen molar-refractivity contribution in [1.82, 2.24) is 5.32 Å². The topological polar surface area (TPSA) is 114 Å². The molecule has 1 aliphatic rings. The number of rotatable bonds is 11. The molecule has 1 aliphatic heterocycles. The number of ether oxygens (including phenoxy) is 3. The van der Waals surface area contributed by atoms with Crippen LogP contribution in [0.1, 0.15) is 37.8 Å². The fraction of sp³-hybridized carbons (Fsp3) is 0.481. The number of carboxylic acid groups (broad SMARTS) is 1. The quantitative estimate of drug-likeness (QED) is 0.407. The van der Waals surface area contributed by atoms with Gasteiger partial charge in [-0.05, 0) is 17.5 Å². The van der Waals surface area contributed by atoms with E-state index in [-0.39, 0.29) is 13.2 Å². The summed E-state index contributed by atoms with van der Waals surface area (Å²) < 4.78 is 47.3. The minimum absolute atomic E-state index is 0.105. The van der Waals surface area contributed by atoms with Gasteiger partial charge in [0.05, 0.1) is 18.8 Å². The molecule has 0 saturated carbocycles. The summed E-state index contributed by atoms with van der Waals surface area (Å²) in [5.74, 6) is -5.87. The van der Waals surface area contributed by atoms with Crippen LogP contribution in [0.5, 0.6) is 0 Å². The van der Waals surface area contributed by atoms with Crippen molar-refractivity contribution in [2.75, 3.05) is 0 Å². The van der Waals surface area contributed by atoms with Crippen molar-refractivity contribution >= 4 is 12.1 Å². The first-order valence-corrected chi connectivity index (χ1v) is 12.2. The number of alkyl halides is 2. The van der Waals surface area contributed by atoms with Crippen LogP contribution in [0, 0.1) is 5.92 Å². The molecular weight excluding hydrogens is 488 g/mol. The van der Waals surface area contributed by atoms with E-state index in [1.165, 1.54) is 0 Å². The third-order valence-electron chi connectivity index (χ3n) is 6.46. The largest absolute Gasteiger partial charge is 0.480 e. The van der Waals surface area contributed by atoms with Crippen LogP contribution in [-0.2, 0) is 32.2 Å². The second-order valence-corrected chi connectivity index (χ2v) is 9.18. The Hall–Kier alpha value is -3.08. The number of aliphatic hydroxyl groups excluding tert-OH is 1. The van der Waals surface area contributed by atoms with Crippen molar-refractivity contribution in [3.8, 4) is 0 Å². The number of halogens is 2. The molecule has 0 aromatic heterocycles. The van der Waals surface area contributed by atoms with Gasteiger partial charge in [-0.25, -0.2) is 18.4 Å². The number of alkyl carbamates (subject to hydrolysis) is 1. The highest BCUT2D eigenvalue weighted by molar-refractivity contribution is 5.80. The number of hydrogen-bond acceptors (Lipinski definition) is 6. The normalized spacial score (nSPS) is 24.7. The van der Waals surface area contributed by atoms with Crippen molar-refractivity contribution in [3.05, 3.63) is 71.8 Å². The fourth-order valence-corrected chi connectivity index (χ4v) is 4.42. The summed E-state index contributed by atoms with van der Waals surface area (Å²) in [6.07, 6.45) is -7.44. The molecule has 2 aromatic rings. The Bertz CT molecular complexity index is 1010. The lowest BCUT2D eigenvalue weighted by Crippen LogP contribution is -2.61. The SMILES string of the molecule is CC[C@H]1O[C@H](C(F)(F)C[C@H](NC(=O)OCc2ccccc2)C(=O)O)[C@H](O)[C@@H](OCc2ccccc2)[C@H]1C. The molecule has 0 spiro atoms. The van der Waals surface area contributed by atoms with Gasteiger partial charge in [-0.3, -0.25) is 0 Å². The van der Waals surface area contributed by atoms with Crippen LogP contribution >= 0.6 is 0 Å². The number of aliphatic hydroxyl groups is 1. The average Bonchev–Trinajstić information content (AvgIpc) is 2.88. The van der Waals surface area contributed by atoms with Gasteiger partial charge < -0.3 is 29.7 Å². The van der Waals surface area contributed by atoms with Crippen LogP contribution in [0.3, 0.4) is 0 Å². The summed E-state index contributed by atoms with van der Waals surface area (Å²) in [6.45, 7) is 3.48. The Kier molecular flexibility index (Phi) is 9.96. The van der Waals surface area contributed by atoms with Gasteiger partial charge in [0.2, 0.25) is 0 Å². The van der Waals surface area contributed by atoms with E-state index < -0.39 is 60.8 Å². The first-order chi connectivity index (χ1) is 17.6. The molecular formula is C27H33F2NO7. The van der Waals surface area contributed by atoms with Crippen LogP contribution in [0.25, 0.3) is 0 Å². The van der Waals surface area contributed by atoms with Crippen molar-refractivity contribution in [3.63, 3.8) is 0 Å². The van der Waals surface area contributed by atoms with E-state index in [9.17, 15) is 19.8 Å². The molecule has 6 atom stereocenters. The molecule has 8 nitrogen and oxygen atoms in total. The molecule has 1 amide bonds. The molecule has 0 bridgehead atoms. The molecule has 1 heterocycles. The molecule has 0 aliphatic carbocycles. The van der Waals surface area contributed by atoms with Gasteiger partial charge in [0.25, 0.3) is 5.92 Å². The van der Waals surface area contributed by atoms with Crippen molar-refractivity contribution in [1.29, 1.82) is 0 Å². The summed E-state index contributed by atoms with van der Waals surface area (Å²) in [5, 5.41) is 22.4. The third-order valence-corrected chi connectivity index (χ3v) is 6.46. The maximum Gasteiger partial charge on any atom is 0.408 e. The zero-order valence-electron chi connectivity index (χ0n) is 20.8. The Labute approximate surface area is 214 Å². The minimum Gasteiger partial charge on any atom is -0.480 e. The fourth-order valence-electron chi connectivity index (χ4n) is 4.42. The maximum atomic E-state index is 15.4. The predicted octanol–water partition coefficient (Wildman–Crippen LogP) is 4.15. The number of amides is 1. The van der Waals surface area contributed by atoms with E-state index in [2.05, 4.69) is 0 Å². The van der Waals surface area contributed by atoms with Crippen molar-refractivity contribution in [2.24, 2.45) is 5.92 Å². The highest BCUT2D eigenvalue weighted by Gasteiger charge is 2.55. The third kappa shape index (κ3) is 7.70. The molecule has 202 valence electrons. The van der Waals surface area contributed by atoms with Crippen LogP contribution in [0.15, 0.2) is 60.7 Å². The van der Waals surface area contributed by atoms with Gasteiger partial charge in [-0.2, -0.15) is 0 Å². The summed E-state index contributed by atoms with van der Waals surface area (Å²) in [6, 6.07) is 15.8. The Balaban J connectivity index is 1.68. The van der Waals surface area contributed by atoms with E-state index in [0.717, 1.165) is 5.56 Å². The first kappa shape index (κ1) is 28.5. The molecule has 0 radical (unpaired) electrons. The van der Waals surface area contributed by atoms with Gasteiger partial charge in [-0.15, -0.1) is 0 Å². The van der Waals surface area contributed by atoms with Gasteiger partial charge in [0.15, 0.2) is 0 Å². The number of aliphatic carboxylic acids is 1. The summed E-state index contributed by atoms with van der Waals surface area (Å²) >= 11 is 0. The van der Waals surface area contributed by atoms with Gasteiger partial charge in [-0.1, -0.05) is 74.5 Å². The number of hydrogen-bond donors (Lipinski definition) is 3. The second kappa shape index (κ2) is 12.9. The zero-order chi connectivity index (χ0) is 27.0. The predicted molar refractivity (Wildman–Crippen MR) is 130 cm³/mol. The molecule has 3 rings (SSSR count). The van der Waals surface area contributed by atoms with E-state index in [1.54, 1.807) is 44.2 Å². The summed E-state index contributed by atoms with van der Waals surface area (Å²) in [4.78, 5) is 23.8. The number of carbonyl (C=O) groups is 2. The number of carbonyl (C=O) groups excluding carboxylic acids is 1. The maximum absolute atomic E-state index is 15.4. The average molecular weight is 522 g/mol. The lowest BCUT2D eigenvalue weighted by Gasteiger charge is -2.46. The molecule has 37 heavy (non-hydrogen) atoms. The van der Waals surface area contributed by atoms with Crippen LogP contribution in [0.2, 0.25) is 0 Å². The molecule has 3 N–H and O–H groups in total. The lowest BCUT2D eigenvalue weighted by molar-refractivity contribution is -0.273. The van der Waals surface area contributed by atoms with Gasteiger partial charge in [0.1, 0.15) is 24.9 Å². The number of benzene rings is 2. The van der Waals surface area contributed by atoms with E-state index in [4.69, 9.17) is 14.2 Å². The first-order valence-electron chi connectivity index (χ1n) is 12.2. The second-order valence-electron chi connectivity index (χ2n) is 9.18. The van der Waals surface area contributed by atoms with E-state index in [1.807, 2.05) is 35.6 Å². The van der Waals surface area contributed by atoms with Crippen LogP contribution in [0.4, 0.5) is 13.6 Å². The molecule has 10 heteroatoms. The Morgan fingerprint density at radius 1 is 1.05 bits per heavy atom. The standard InChI is InChI=1S/C27H33F2NO7/c1-3-21-17(2)23(35-15-18-10-6-4-7-11-18)22(31)24(37-21)27(28,29)14-20(25(32)33)30-26(34)36-16-19-12-8-5-9-13-19/h4-13,17,20-24,31H,3,14-16H2,1-2H3,(H,30,34)(H,32,33)/t17-,20-,21+,22+,23-,24-/m0/s1. The number of carboxylic acids is 1. The van der Waals surface area contributed by atoms with E-state index in [0.29, 0.717) is 12.0 Å².